The molecule has 3 heterocycles. The van der Waals surface area contributed by atoms with Crippen molar-refractivity contribution in [3.63, 3.8) is 0 Å². The van der Waals surface area contributed by atoms with Gasteiger partial charge in [0.2, 0.25) is 0 Å². The molecule has 1 aromatic carbocycles. The highest BCUT2D eigenvalue weighted by molar-refractivity contribution is 5.77. The fourth-order valence-corrected chi connectivity index (χ4v) is 3.74. The zero-order valence-electron chi connectivity index (χ0n) is 20.0. The van der Waals surface area contributed by atoms with Gasteiger partial charge in [0, 0.05) is 13.5 Å². The zero-order chi connectivity index (χ0) is 24.2. The molecule has 172 valence electrons. The Bertz CT molecular complexity index is 1090. The summed E-state index contributed by atoms with van der Waals surface area (Å²) in [6.45, 7) is 6.34. The number of hydrogen-bond acceptors (Lipinski definition) is 8. The number of allylic oxidation sites excluding steroid dienone is 1. The Balaban J connectivity index is 1.46. The van der Waals surface area contributed by atoms with E-state index >= 15 is 0 Å². The van der Waals surface area contributed by atoms with Gasteiger partial charge in [-0.2, -0.15) is 4.98 Å². The molecule has 2 aromatic rings. The van der Waals surface area contributed by atoms with Crippen molar-refractivity contribution in [1.29, 1.82) is 0 Å². The van der Waals surface area contributed by atoms with E-state index in [1.54, 1.807) is 6.07 Å². The van der Waals surface area contributed by atoms with Crippen LogP contribution in [0.5, 0.6) is 17.2 Å². The van der Waals surface area contributed by atoms with E-state index in [9.17, 15) is 9.90 Å². The second kappa shape index (κ2) is 9.72. The van der Waals surface area contributed by atoms with Crippen LogP contribution in [0.25, 0.3) is 0 Å². The Labute approximate surface area is 189 Å². The average Bonchev–Trinajstić information content (AvgIpc) is 3.16. The highest BCUT2D eigenvalue weighted by atomic mass is 16.6. The smallest absolute Gasteiger partial charge is 0.351 e. The van der Waals surface area contributed by atoms with Gasteiger partial charge < -0.3 is 29.4 Å². The summed E-state index contributed by atoms with van der Waals surface area (Å²) in [5.74, 6) is 1.74. The Morgan fingerprint density at radius 1 is 1.50 bits per heavy atom. The first-order valence-electron chi connectivity index (χ1n) is 11.7. The molecule has 2 aliphatic rings. The van der Waals surface area contributed by atoms with Crippen LogP contribution >= 0.6 is 0 Å². The molecule has 0 spiro atoms. The van der Waals surface area contributed by atoms with Crippen LogP contribution in [0.4, 0.5) is 11.5 Å². The molecular weight excluding hydrogens is 414 g/mol. The van der Waals surface area contributed by atoms with Crippen molar-refractivity contribution < 1.29 is 26.8 Å². The number of anilines is 2. The second-order valence-electron chi connectivity index (χ2n) is 8.03. The number of nitrogens with zero attached hydrogens (tertiary/aromatic N) is 2. The Hall–Kier alpha value is -2.88. The fourth-order valence-electron chi connectivity index (χ4n) is 3.74. The average molecular weight is 447 g/mol. The van der Waals surface area contributed by atoms with Crippen LogP contribution in [0.1, 0.15) is 41.6 Å². The van der Waals surface area contributed by atoms with Gasteiger partial charge in [-0.1, -0.05) is 11.6 Å². The molecule has 1 aromatic heterocycles. The number of rotatable bonds is 9. The van der Waals surface area contributed by atoms with Crippen molar-refractivity contribution >= 4 is 11.5 Å². The first-order valence-corrected chi connectivity index (χ1v) is 10.6. The van der Waals surface area contributed by atoms with E-state index in [1.165, 1.54) is 10.8 Å². The molecule has 9 heteroatoms. The number of hydrogen-bond donors (Lipinski definition) is 2. The number of fused-ring (bicyclic) bond motifs is 2. The van der Waals surface area contributed by atoms with Crippen molar-refractivity contribution in [1.82, 2.24) is 9.55 Å². The number of para-hydroxylation sites is 1. The maximum atomic E-state index is 12.7. The number of methoxy groups -OCH3 is 1. The van der Waals surface area contributed by atoms with Gasteiger partial charge in [0.15, 0.2) is 17.3 Å². The Kier molecular flexibility index (Phi) is 6.01. The minimum atomic E-state index is -1.48. The van der Waals surface area contributed by atoms with Gasteiger partial charge in [-0.15, -0.1) is 6.58 Å². The van der Waals surface area contributed by atoms with E-state index < -0.39 is 31.2 Å². The minimum absolute atomic E-state index is 0.121. The molecule has 0 radical (unpaired) electrons. The van der Waals surface area contributed by atoms with E-state index in [2.05, 4.69) is 16.9 Å². The number of aliphatic hydroxyl groups excluding tert-OH is 1. The topological polar surface area (TPSA) is 104 Å². The summed E-state index contributed by atoms with van der Waals surface area (Å²) in [4.78, 5) is 16.8. The van der Waals surface area contributed by atoms with Gasteiger partial charge in [0.05, 0.1) is 28.3 Å². The Morgan fingerprint density at radius 2 is 2.38 bits per heavy atom. The number of nitrogens with one attached hydrogen (secondary N) is 1. The monoisotopic (exact) mass is 446 g/mol. The lowest BCUT2D eigenvalue weighted by Gasteiger charge is -2.24. The molecule has 0 amide bonds. The van der Waals surface area contributed by atoms with Gasteiger partial charge in [-0.25, -0.2) is 4.79 Å². The van der Waals surface area contributed by atoms with Gasteiger partial charge in [0.1, 0.15) is 23.8 Å². The van der Waals surface area contributed by atoms with Crippen LogP contribution < -0.4 is 20.5 Å². The summed E-state index contributed by atoms with van der Waals surface area (Å²) in [5.41, 5.74) is 1.18. The quantitative estimate of drug-likeness (QED) is 0.380. The summed E-state index contributed by atoms with van der Waals surface area (Å²) < 4.78 is 38.0. The summed E-state index contributed by atoms with van der Waals surface area (Å²) in [6, 6.07) is 5.44. The first-order chi connectivity index (χ1) is 16.3. The first kappa shape index (κ1) is 19.8. The molecule has 4 atom stereocenters. The van der Waals surface area contributed by atoms with Crippen LogP contribution in [-0.4, -0.2) is 47.1 Å². The predicted octanol–water partition coefficient (Wildman–Crippen LogP) is 3.51. The molecule has 2 aliphatic heterocycles. The lowest BCUT2D eigenvalue weighted by atomic mass is 10.1. The maximum Gasteiger partial charge on any atom is 0.351 e. The SMILES string of the molecule is [2H]C([3H])OC[C@H]1O[C@@H](n2cc3c(nc2=O)Nc2c(OCCCCC(=C)C)cccc2O3)C[C@H]1O. The molecule has 0 aliphatic carbocycles. The molecule has 1 fully saturated rings. The standard InChI is InChI=1S/C23H29N3O6/c1-14(2)7-4-5-10-30-16-8-6-9-17-21(16)24-22-18(31-17)12-26(23(28)25-22)20-11-15(27)19(32-20)13-29-3/h6,8-9,12,15,19-20,27H,1,4-5,7,10-11,13H2,2-3H3,(H,24,25,28)/t15-,19-,20-/m1/s1/i3TD/t3?,15-,19-,20-. The van der Waals surface area contributed by atoms with Crippen molar-refractivity contribution in [3.8, 4) is 17.2 Å². The minimum Gasteiger partial charge on any atom is -0.491 e. The van der Waals surface area contributed by atoms with Crippen molar-refractivity contribution in [2.45, 2.75) is 51.0 Å². The molecule has 32 heavy (non-hydrogen) atoms. The van der Waals surface area contributed by atoms with Crippen molar-refractivity contribution in [3.05, 3.63) is 47.0 Å². The molecule has 1 unspecified atom stereocenters. The van der Waals surface area contributed by atoms with Crippen LogP contribution in [-0.2, 0) is 9.47 Å². The summed E-state index contributed by atoms with van der Waals surface area (Å²) in [6.07, 6.45) is 2.06. The van der Waals surface area contributed by atoms with Crippen LogP contribution in [0.3, 0.4) is 0 Å². The molecule has 9 nitrogen and oxygen atoms in total. The van der Waals surface area contributed by atoms with E-state index in [1.807, 2.05) is 19.1 Å². The zero-order valence-corrected chi connectivity index (χ0v) is 18.0. The predicted molar refractivity (Wildman–Crippen MR) is 119 cm³/mol. The molecule has 0 bridgehead atoms. The van der Waals surface area contributed by atoms with E-state index in [0.717, 1.165) is 24.8 Å². The van der Waals surface area contributed by atoms with E-state index in [0.29, 0.717) is 29.5 Å². The van der Waals surface area contributed by atoms with E-state index in [-0.39, 0.29) is 18.8 Å². The number of ether oxygens (including phenoxy) is 4. The van der Waals surface area contributed by atoms with Gasteiger partial charge in [0.25, 0.3) is 0 Å². The molecule has 1 saturated heterocycles. The lowest BCUT2D eigenvalue weighted by Crippen LogP contribution is -2.29. The molecule has 4 rings (SSSR count). The molecule has 0 saturated carbocycles. The largest absolute Gasteiger partial charge is 0.491 e. The summed E-state index contributed by atoms with van der Waals surface area (Å²) in [5, 5.41) is 13.4. The third kappa shape index (κ3) is 4.79. The van der Waals surface area contributed by atoms with Crippen molar-refractivity contribution in [2.24, 2.45) is 0 Å². The number of unbranched alkanes of at least 4 members (excludes halogenated alkanes) is 1. The number of benzene rings is 1. The van der Waals surface area contributed by atoms with Crippen LogP contribution in [0.2, 0.25) is 0 Å². The lowest BCUT2D eigenvalue weighted by molar-refractivity contribution is -0.0547. The second-order valence-corrected chi connectivity index (χ2v) is 8.03. The highest BCUT2D eigenvalue weighted by Gasteiger charge is 2.36. The van der Waals surface area contributed by atoms with Gasteiger partial charge >= 0.3 is 5.69 Å². The number of aromatic nitrogens is 2. The van der Waals surface area contributed by atoms with Gasteiger partial charge in [-0.05, 0) is 38.3 Å². The molecule has 2 N–H and O–H groups in total. The third-order valence-corrected chi connectivity index (χ3v) is 5.40. The summed E-state index contributed by atoms with van der Waals surface area (Å²) in [7, 11) is -1.48. The fraction of sp³-hybridized carbons (Fsp3) is 0.478. The van der Waals surface area contributed by atoms with E-state index in [4.69, 9.17) is 21.7 Å². The van der Waals surface area contributed by atoms with Gasteiger partial charge in [-0.3, -0.25) is 4.57 Å². The number of aliphatic hydroxyl groups is 1. The van der Waals surface area contributed by atoms with Crippen LogP contribution in [0.15, 0.2) is 41.3 Å². The third-order valence-electron chi connectivity index (χ3n) is 5.40. The normalized spacial score (nSPS) is 23.1. The molecular formula is C23H29N3O6. The highest BCUT2D eigenvalue weighted by Crippen LogP contribution is 2.45. The van der Waals surface area contributed by atoms with Crippen LogP contribution in [0, 0.1) is 0 Å². The maximum absolute atomic E-state index is 12.7. The Morgan fingerprint density at radius 3 is 3.19 bits per heavy atom. The summed E-state index contributed by atoms with van der Waals surface area (Å²) >= 11 is 0. The van der Waals surface area contributed by atoms with Crippen molar-refractivity contribution in [2.75, 3.05) is 25.6 Å².